The summed E-state index contributed by atoms with van der Waals surface area (Å²) < 4.78 is 1.77. The van der Waals surface area contributed by atoms with Crippen molar-refractivity contribution in [1.82, 2.24) is 34.6 Å². The number of fused-ring (bicyclic) bond motifs is 3. The van der Waals surface area contributed by atoms with Crippen LogP contribution >= 0.6 is 42.7 Å². The Hall–Kier alpha value is -2.58. The second-order valence-corrected chi connectivity index (χ2v) is 11.5. The predicted molar refractivity (Wildman–Crippen MR) is 141 cm³/mol. The Bertz CT molecular complexity index is 1370. The van der Waals surface area contributed by atoms with E-state index in [1.807, 2.05) is 0 Å². The van der Waals surface area contributed by atoms with Crippen molar-refractivity contribution < 1.29 is 4.79 Å². The van der Waals surface area contributed by atoms with Crippen molar-refractivity contribution in [3.05, 3.63) is 65.4 Å². The van der Waals surface area contributed by atoms with E-state index in [-0.39, 0.29) is 11.1 Å². The summed E-state index contributed by atoms with van der Waals surface area (Å²) in [5, 5.41) is 17.0. The molecular weight excluding hydrogens is 530 g/mol. The molecule has 0 fully saturated rings. The van der Waals surface area contributed by atoms with E-state index in [1.165, 1.54) is 17.2 Å². The number of carbonyl (C=O) groups is 1. The van der Waals surface area contributed by atoms with Crippen molar-refractivity contribution in [2.75, 3.05) is 17.4 Å². The standard InChI is InChI=1S/C19H17Cl2N8OP.C3H5Cl/c1-19(2)3-6-31(13-10-22-15-8-14(21)27-28(15)16(13)19)18(30)26-11-7-12(20)17(23-9-11)29-24-4-5-25-29;1-2-3-4/h4-5,7-10H,3,6H2,1-2H3,(H,26,30);2H,1,3H2/t31-;/m0./s1. The molecule has 0 bridgehead atoms. The number of rotatable bonds is 4. The van der Waals surface area contributed by atoms with Gasteiger partial charge in [-0.05, 0) is 18.6 Å². The largest absolute Gasteiger partial charge is 0.321 e. The zero-order chi connectivity index (χ0) is 25.2. The minimum absolute atomic E-state index is 0.0889. The average Bonchev–Trinajstić information content (AvgIpc) is 3.48. The van der Waals surface area contributed by atoms with Gasteiger partial charge in [0.1, 0.15) is 0 Å². The summed E-state index contributed by atoms with van der Waals surface area (Å²) in [4.78, 5) is 23.3. The maximum absolute atomic E-state index is 13.2. The number of nitrogens with one attached hydrogen (secondary N) is 1. The van der Waals surface area contributed by atoms with Gasteiger partial charge >= 0.3 is 0 Å². The van der Waals surface area contributed by atoms with Gasteiger partial charge in [-0.1, -0.05) is 43.1 Å². The van der Waals surface area contributed by atoms with E-state index in [0.29, 0.717) is 33.2 Å². The monoisotopic (exact) mass is 550 g/mol. The number of aromatic nitrogens is 7. The molecule has 5 rings (SSSR count). The number of hydrogen-bond donors (Lipinski definition) is 1. The SMILES string of the molecule is C=CCCl.CC1(C)CC[P@](C(=O)Nc2cnc(-n3nccn3)c(Cl)c2)c2cnc3cc(Cl)nn3c21. The van der Waals surface area contributed by atoms with Crippen molar-refractivity contribution in [2.24, 2.45) is 0 Å². The molecule has 9 nitrogen and oxygen atoms in total. The highest BCUT2D eigenvalue weighted by Gasteiger charge is 2.38. The Balaban J connectivity index is 0.000000672. The van der Waals surface area contributed by atoms with Crippen LogP contribution in [0.3, 0.4) is 0 Å². The molecule has 0 unspecified atom stereocenters. The Labute approximate surface area is 218 Å². The van der Waals surface area contributed by atoms with E-state index in [0.717, 1.165) is 23.6 Å². The van der Waals surface area contributed by atoms with Crippen LogP contribution in [0.5, 0.6) is 0 Å². The maximum atomic E-state index is 13.2. The van der Waals surface area contributed by atoms with Crippen LogP contribution in [0, 0.1) is 0 Å². The van der Waals surface area contributed by atoms with E-state index < -0.39 is 7.92 Å². The van der Waals surface area contributed by atoms with E-state index in [4.69, 9.17) is 34.8 Å². The van der Waals surface area contributed by atoms with Gasteiger partial charge in [0.25, 0.3) is 0 Å². The molecule has 4 aromatic rings. The number of alkyl halides is 1. The van der Waals surface area contributed by atoms with Gasteiger partial charge in [0, 0.05) is 36.8 Å². The molecule has 4 aromatic heterocycles. The van der Waals surface area contributed by atoms with Crippen LogP contribution in [0.15, 0.2) is 49.6 Å². The second kappa shape index (κ2) is 10.6. The summed E-state index contributed by atoms with van der Waals surface area (Å²) in [7, 11) is -1.17. The Morgan fingerprint density at radius 2 is 1.94 bits per heavy atom. The summed E-state index contributed by atoms with van der Waals surface area (Å²) in [5.74, 6) is 0.947. The van der Waals surface area contributed by atoms with Crippen molar-refractivity contribution in [1.29, 1.82) is 0 Å². The quantitative estimate of drug-likeness (QED) is 0.206. The van der Waals surface area contributed by atoms with Gasteiger partial charge in [-0.3, -0.25) is 4.79 Å². The second-order valence-electron chi connectivity index (χ2n) is 8.24. The number of amides is 1. The summed E-state index contributed by atoms with van der Waals surface area (Å²) in [5.41, 5.74) is 1.92. The van der Waals surface area contributed by atoms with Crippen LogP contribution in [-0.2, 0) is 5.41 Å². The number of halogens is 3. The van der Waals surface area contributed by atoms with Gasteiger partial charge in [-0.25, -0.2) is 14.5 Å². The van der Waals surface area contributed by atoms with Crippen LogP contribution < -0.4 is 10.6 Å². The van der Waals surface area contributed by atoms with Crippen LogP contribution in [0.2, 0.25) is 10.2 Å². The number of hydrogen-bond acceptors (Lipinski definition) is 6. The fourth-order valence-electron chi connectivity index (χ4n) is 3.73. The zero-order valence-corrected chi connectivity index (χ0v) is 22.2. The molecule has 1 aliphatic heterocycles. The van der Waals surface area contributed by atoms with Crippen LogP contribution in [0.4, 0.5) is 10.5 Å². The van der Waals surface area contributed by atoms with Crippen LogP contribution in [0.25, 0.3) is 11.5 Å². The first-order valence-corrected chi connectivity index (χ1v) is 13.4. The van der Waals surface area contributed by atoms with E-state index in [2.05, 4.69) is 51.0 Å². The minimum atomic E-state index is -1.17. The first-order valence-electron chi connectivity index (χ1n) is 10.6. The number of pyridine rings is 1. The highest BCUT2D eigenvalue weighted by molar-refractivity contribution is 7.82. The summed E-state index contributed by atoms with van der Waals surface area (Å²) in [6.45, 7) is 7.65. The number of anilines is 1. The lowest BCUT2D eigenvalue weighted by Crippen LogP contribution is -2.37. The third-order valence-electron chi connectivity index (χ3n) is 5.36. The Kier molecular flexibility index (Phi) is 7.71. The molecule has 0 spiro atoms. The van der Waals surface area contributed by atoms with Gasteiger partial charge in [0.05, 0.1) is 35.0 Å². The molecule has 1 atom stereocenters. The molecule has 35 heavy (non-hydrogen) atoms. The number of allylic oxidation sites excluding steroid dienone is 1. The van der Waals surface area contributed by atoms with Crippen molar-refractivity contribution in [3.8, 4) is 5.82 Å². The number of nitrogens with zero attached hydrogens (tertiary/aromatic N) is 7. The van der Waals surface area contributed by atoms with Gasteiger partial charge in [0.2, 0.25) is 5.65 Å². The number of carbonyl (C=O) groups excluding carboxylic acids is 1. The van der Waals surface area contributed by atoms with Crippen LogP contribution in [-0.4, -0.2) is 52.3 Å². The van der Waals surface area contributed by atoms with Crippen LogP contribution in [0.1, 0.15) is 26.0 Å². The van der Waals surface area contributed by atoms with Gasteiger partial charge in [-0.2, -0.15) is 15.3 Å². The molecule has 13 heteroatoms. The lowest BCUT2D eigenvalue weighted by molar-refractivity contribution is 0.269. The highest BCUT2D eigenvalue weighted by atomic mass is 35.5. The molecule has 0 saturated heterocycles. The third-order valence-corrected chi connectivity index (χ3v) is 8.22. The summed E-state index contributed by atoms with van der Waals surface area (Å²) in [6.07, 6.45) is 9.64. The zero-order valence-electron chi connectivity index (χ0n) is 19.0. The van der Waals surface area contributed by atoms with Gasteiger partial charge in [0.15, 0.2) is 16.6 Å². The first-order chi connectivity index (χ1) is 16.7. The molecule has 1 aliphatic rings. The van der Waals surface area contributed by atoms with Gasteiger partial charge in [-0.15, -0.1) is 23.0 Å². The average molecular weight is 552 g/mol. The van der Waals surface area contributed by atoms with Crippen molar-refractivity contribution >= 4 is 65.0 Å². The third kappa shape index (κ3) is 5.33. The topological polar surface area (TPSA) is 103 Å². The predicted octanol–water partition coefficient (Wildman–Crippen LogP) is 5.44. The minimum Gasteiger partial charge on any atom is -0.321 e. The highest BCUT2D eigenvalue weighted by Crippen LogP contribution is 2.47. The molecule has 1 amide bonds. The first kappa shape index (κ1) is 25.5. The van der Waals surface area contributed by atoms with E-state index >= 15 is 0 Å². The molecule has 0 aromatic carbocycles. The molecule has 0 saturated carbocycles. The molecule has 1 N–H and O–H groups in total. The normalized spacial score (nSPS) is 16.2. The summed E-state index contributed by atoms with van der Waals surface area (Å²) in [6, 6.07) is 3.36. The fourth-order valence-corrected chi connectivity index (χ4v) is 6.71. The smallest absolute Gasteiger partial charge is 0.250 e. The molecule has 0 aliphatic carbocycles. The van der Waals surface area contributed by atoms with Crippen molar-refractivity contribution in [2.45, 2.75) is 25.7 Å². The molecule has 182 valence electrons. The molecule has 5 heterocycles. The molecule has 0 radical (unpaired) electrons. The van der Waals surface area contributed by atoms with Gasteiger partial charge < -0.3 is 5.32 Å². The lowest BCUT2D eigenvalue weighted by atomic mass is 9.85. The fraction of sp³-hybridized carbons (Fsp3) is 0.273. The van der Waals surface area contributed by atoms with E-state index in [1.54, 1.807) is 35.1 Å². The van der Waals surface area contributed by atoms with Crippen molar-refractivity contribution in [3.63, 3.8) is 0 Å². The Morgan fingerprint density at radius 1 is 1.23 bits per heavy atom. The summed E-state index contributed by atoms with van der Waals surface area (Å²) >= 11 is 17.5. The lowest BCUT2D eigenvalue weighted by Gasteiger charge is -2.36. The Morgan fingerprint density at radius 3 is 2.60 bits per heavy atom. The molecular formula is C22H22Cl3N8OP. The maximum Gasteiger partial charge on any atom is 0.250 e. The van der Waals surface area contributed by atoms with E-state index in [9.17, 15) is 4.79 Å².